The summed E-state index contributed by atoms with van der Waals surface area (Å²) in [4.78, 5) is 12.7. The summed E-state index contributed by atoms with van der Waals surface area (Å²) in [5.41, 5.74) is 5.15. The first-order valence-corrected chi connectivity index (χ1v) is 11.6. The molecule has 34 heavy (non-hydrogen) atoms. The van der Waals surface area contributed by atoms with Gasteiger partial charge in [-0.2, -0.15) is 5.10 Å². The number of nitrogens with zero attached hydrogens (tertiary/aromatic N) is 4. The Hall–Kier alpha value is -4.37. The molecule has 0 aliphatic heterocycles. The van der Waals surface area contributed by atoms with Crippen molar-refractivity contribution in [2.24, 2.45) is 0 Å². The maximum Gasteiger partial charge on any atom is 0.234 e. The number of hydrogen-bond acceptors (Lipinski definition) is 6. The van der Waals surface area contributed by atoms with Crippen molar-refractivity contribution in [1.82, 2.24) is 25.1 Å². The van der Waals surface area contributed by atoms with Gasteiger partial charge in [0.05, 0.1) is 11.4 Å². The lowest BCUT2D eigenvalue weighted by Gasteiger charge is -2.11. The van der Waals surface area contributed by atoms with Gasteiger partial charge in [0, 0.05) is 16.8 Å². The number of aromatic nitrogens is 5. The monoisotopic (exact) mass is 467 g/mol. The van der Waals surface area contributed by atoms with E-state index in [4.69, 9.17) is 5.84 Å². The van der Waals surface area contributed by atoms with Gasteiger partial charge in [-0.05, 0) is 17.7 Å². The molecule has 168 valence electrons. The summed E-state index contributed by atoms with van der Waals surface area (Å²) in [6.07, 6.45) is 0. The molecule has 0 saturated heterocycles. The zero-order chi connectivity index (χ0) is 23.3. The van der Waals surface area contributed by atoms with Gasteiger partial charge >= 0.3 is 0 Å². The minimum atomic E-state index is -0.161. The molecule has 2 aromatic heterocycles. The lowest BCUT2D eigenvalue weighted by atomic mass is 10.0. The number of H-pyrrole nitrogens is 1. The fraction of sp³-hybridized carbons (Fsp3) is 0.0400. The van der Waals surface area contributed by atoms with Gasteiger partial charge in [-0.25, -0.2) is 4.68 Å². The average Bonchev–Trinajstić information content (AvgIpc) is 3.51. The number of amides is 1. The minimum absolute atomic E-state index is 0.136. The van der Waals surface area contributed by atoms with Crippen LogP contribution < -0.4 is 11.2 Å². The first-order valence-electron chi connectivity index (χ1n) is 10.6. The van der Waals surface area contributed by atoms with Crippen molar-refractivity contribution >= 4 is 23.4 Å². The van der Waals surface area contributed by atoms with Crippen LogP contribution in [0.1, 0.15) is 0 Å². The molecule has 0 aliphatic carbocycles. The van der Waals surface area contributed by atoms with Crippen LogP contribution >= 0.6 is 11.8 Å². The molecule has 1 amide bonds. The Morgan fingerprint density at radius 3 is 2.35 bits per heavy atom. The Bertz CT molecular complexity index is 1410. The van der Waals surface area contributed by atoms with E-state index in [0.29, 0.717) is 16.7 Å². The summed E-state index contributed by atoms with van der Waals surface area (Å²) in [5.74, 6) is 6.62. The molecule has 5 rings (SSSR count). The maximum absolute atomic E-state index is 12.7. The number of nitrogens with two attached hydrogens (primary N) is 1. The number of carbonyl (C=O) groups excluding carboxylic acids is 1. The molecule has 5 aromatic rings. The second-order valence-corrected chi connectivity index (χ2v) is 8.40. The molecule has 8 nitrogen and oxygen atoms in total. The smallest absolute Gasteiger partial charge is 0.234 e. The topological polar surface area (TPSA) is 115 Å². The van der Waals surface area contributed by atoms with Crippen LogP contribution in [-0.2, 0) is 4.79 Å². The summed E-state index contributed by atoms with van der Waals surface area (Å²) in [5, 5.41) is 19.0. The van der Waals surface area contributed by atoms with E-state index in [2.05, 4.69) is 25.7 Å². The highest BCUT2D eigenvalue weighted by atomic mass is 32.2. The van der Waals surface area contributed by atoms with Crippen molar-refractivity contribution in [3.05, 3.63) is 91.0 Å². The highest BCUT2D eigenvalue weighted by molar-refractivity contribution is 7.99. The van der Waals surface area contributed by atoms with E-state index in [-0.39, 0.29) is 11.7 Å². The van der Waals surface area contributed by atoms with E-state index in [0.717, 1.165) is 28.1 Å². The number of benzene rings is 3. The Labute approximate surface area is 200 Å². The van der Waals surface area contributed by atoms with Crippen LogP contribution in [0.3, 0.4) is 0 Å². The first kappa shape index (κ1) is 21.5. The van der Waals surface area contributed by atoms with Crippen molar-refractivity contribution in [2.45, 2.75) is 5.16 Å². The molecule has 3 aromatic carbocycles. The zero-order valence-electron chi connectivity index (χ0n) is 18.1. The van der Waals surface area contributed by atoms with E-state index >= 15 is 0 Å². The van der Waals surface area contributed by atoms with Crippen LogP contribution in [0.25, 0.3) is 33.9 Å². The van der Waals surface area contributed by atoms with Crippen molar-refractivity contribution in [3.63, 3.8) is 0 Å². The van der Waals surface area contributed by atoms with Gasteiger partial charge in [0.2, 0.25) is 16.9 Å². The maximum atomic E-state index is 12.7. The third-order valence-electron chi connectivity index (χ3n) is 5.17. The quantitative estimate of drug-likeness (QED) is 0.241. The third kappa shape index (κ3) is 4.55. The molecular weight excluding hydrogens is 446 g/mol. The first-order chi connectivity index (χ1) is 16.7. The number of anilines is 1. The molecule has 4 N–H and O–H groups in total. The number of para-hydroxylation sites is 1. The van der Waals surface area contributed by atoms with Crippen LogP contribution in [0.15, 0.2) is 96.2 Å². The van der Waals surface area contributed by atoms with Gasteiger partial charge in [0.1, 0.15) is 5.69 Å². The number of thioether (sulfide) groups is 1. The number of carbonyl (C=O) groups is 1. The van der Waals surface area contributed by atoms with Crippen molar-refractivity contribution in [2.75, 3.05) is 16.9 Å². The molecule has 0 unspecified atom stereocenters. The Morgan fingerprint density at radius 1 is 0.912 bits per heavy atom. The SMILES string of the molecule is Nn1c(SCC(=O)Nc2ccccc2-c2ccccc2)nnc1-c1cc(-c2ccccc2)n[nH]1. The molecule has 0 radical (unpaired) electrons. The summed E-state index contributed by atoms with van der Waals surface area (Å²) < 4.78 is 1.36. The van der Waals surface area contributed by atoms with Crippen molar-refractivity contribution < 1.29 is 4.79 Å². The van der Waals surface area contributed by atoms with E-state index < -0.39 is 0 Å². The largest absolute Gasteiger partial charge is 0.335 e. The van der Waals surface area contributed by atoms with Crippen LogP contribution in [0.4, 0.5) is 5.69 Å². The van der Waals surface area contributed by atoms with Gasteiger partial charge in [-0.1, -0.05) is 90.6 Å². The van der Waals surface area contributed by atoms with Gasteiger partial charge < -0.3 is 11.2 Å². The highest BCUT2D eigenvalue weighted by Crippen LogP contribution is 2.28. The molecular formula is C25H21N7OS. The van der Waals surface area contributed by atoms with Gasteiger partial charge in [0.25, 0.3) is 0 Å². The lowest BCUT2D eigenvalue weighted by Crippen LogP contribution is -2.17. The molecule has 0 bridgehead atoms. The van der Waals surface area contributed by atoms with E-state index in [9.17, 15) is 4.79 Å². The molecule has 0 aliphatic rings. The summed E-state index contributed by atoms with van der Waals surface area (Å²) in [7, 11) is 0. The van der Waals surface area contributed by atoms with Gasteiger partial charge in [-0.3, -0.25) is 9.89 Å². The standard InChI is InChI=1S/C25H21N7OS/c26-32-24(22-15-21(28-29-22)18-11-5-2-6-12-18)30-31-25(32)34-16-23(33)27-20-14-8-7-13-19(20)17-9-3-1-4-10-17/h1-15H,16,26H2,(H,27,33)(H,28,29). The van der Waals surface area contributed by atoms with Crippen molar-refractivity contribution in [3.8, 4) is 33.9 Å². The normalized spacial score (nSPS) is 10.8. The molecule has 0 spiro atoms. The molecule has 9 heteroatoms. The van der Waals surface area contributed by atoms with Crippen molar-refractivity contribution in [1.29, 1.82) is 0 Å². The van der Waals surface area contributed by atoms with Crippen LogP contribution in [-0.4, -0.2) is 36.7 Å². The fourth-order valence-corrected chi connectivity index (χ4v) is 4.19. The minimum Gasteiger partial charge on any atom is -0.335 e. The molecule has 0 fully saturated rings. The second-order valence-electron chi connectivity index (χ2n) is 7.46. The second kappa shape index (κ2) is 9.63. The Morgan fingerprint density at radius 2 is 1.59 bits per heavy atom. The van der Waals surface area contributed by atoms with E-state index in [1.807, 2.05) is 91.0 Å². The van der Waals surface area contributed by atoms with Crippen LogP contribution in [0.2, 0.25) is 0 Å². The number of nitrogen functional groups attached to an aromatic ring is 1. The van der Waals surface area contributed by atoms with Crippen LogP contribution in [0, 0.1) is 0 Å². The summed E-state index contributed by atoms with van der Waals surface area (Å²) in [6.45, 7) is 0. The average molecular weight is 468 g/mol. The number of aromatic amines is 1. The summed E-state index contributed by atoms with van der Waals surface area (Å²) in [6, 6.07) is 29.3. The van der Waals surface area contributed by atoms with E-state index in [1.54, 1.807) is 0 Å². The molecule has 2 heterocycles. The molecule has 0 saturated carbocycles. The van der Waals surface area contributed by atoms with Gasteiger partial charge in [-0.15, -0.1) is 10.2 Å². The highest BCUT2D eigenvalue weighted by Gasteiger charge is 2.17. The lowest BCUT2D eigenvalue weighted by molar-refractivity contribution is -0.113. The Kier molecular flexibility index (Phi) is 6.09. The number of rotatable bonds is 7. The molecule has 0 atom stereocenters. The summed E-state index contributed by atoms with van der Waals surface area (Å²) >= 11 is 1.21. The predicted molar refractivity (Wildman–Crippen MR) is 134 cm³/mol. The Balaban J connectivity index is 1.26. The number of nitrogens with one attached hydrogen (secondary N) is 2. The van der Waals surface area contributed by atoms with Gasteiger partial charge in [0.15, 0.2) is 0 Å². The van der Waals surface area contributed by atoms with Crippen LogP contribution in [0.5, 0.6) is 0 Å². The number of hydrogen-bond donors (Lipinski definition) is 3. The van der Waals surface area contributed by atoms with E-state index in [1.165, 1.54) is 16.4 Å². The predicted octanol–water partition coefficient (Wildman–Crippen LogP) is 4.45. The third-order valence-corrected chi connectivity index (χ3v) is 6.11. The zero-order valence-corrected chi connectivity index (χ0v) is 18.9. The fourth-order valence-electron chi connectivity index (χ4n) is 3.53.